The first-order chi connectivity index (χ1) is 11.4. The molecule has 0 unspecified atom stereocenters. The second kappa shape index (κ2) is 8.00. The van der Waals surface area contributed by atoms with Gasteiger partial charge in [-0.2, -0.15) is 0 Å². The van der Waals surface area contributed by atoms with E-state index in [9.17, 15) is 4.79 Å². The number of rotatable bonds is 6. The second-order valence-corrected chi connectivity index (χ2v) is 6.35. The summed E-state index contributed by atoms with van der Waals surface area (Å²) in [5.41, 5.74) is 4.54. The highest BCUT2D eigenvalue weighted by atomic mass is 16.5. The predicted molar refractivity (Wildman–Crippen MR) is 98.4 cm³/mol. The smallest absolute Gasteiger partial charge is 0.261 e. The number of aryl methyl sites for hydroxylation is 3. The van der Waals surface area contributed by atoms with Crippen molar-refractivity contribution in [1.29, 1.82) is 0 Å². The van der Waals surface area contributed by atoms with Crippen molar-refractivity contribution in [2.75, 3.05) is 0 Å². The molecule has 0 aliphatic rings. The number of carbonyl (C=O) groups excluding carboxylic acids is 1. The summed E-state index contributed by atoms with van der Waals surface area (Å²) in [6.07, 6.45) is 0.477. The van der Waals surface area contributed by atoms with E-state index in [0.717, 1.165) is 28.9 Å². The van der Waals surface area contributed by atoms with Gasteiger partial charge in [-0.05, 0) is 62.4 Å². The minimum atomic E-state index is -0.539. The summed E-state index contributed by atoms with van der Waals surface area (Å²) in [6, 6.07) is 14.3. The van der Waals surface area contributed by atoms with Crippen molar-refractivity contribution in [2.24, 2.45) is 0 Å². The predicted octanol–water partition coefficient (Wildman–Crippen LogP) is 4.51. The molecule has 0 bridgehead atoms. The van der Waals surface area contributed by atoms with Crippen LogP contribution in [-0.4, -0.2) is 12.0 Å². The van der Waals surface area contributed by atoms with Gasteiger partial charge >= 0.3 is 0 Å². The first-order valence-corrected chi connectivity index (χ1v) is 8.53. The molecule has 0 saturated heterocycles. The Balaban J connectivity index is 1.98. The van der Waals surface area contributed by atoms with E-state index in [4.69, 9.17) is 4.74 Å². The van der Waals surface area contributed by atoms with Crippen LogP contribution < -0.4 is 10.1 Å². The fourth-order valence-electron chi connectivity index (χ4n) is 2.53. The summed E-state index contributed by atoms with van der Waals surface area (Å²) in [5.74, 6) is 0.653. The Morgan fingerprint density at radius 2 is 1.75 bits per heavy atom. The summed E-state index contributed by atoms with van der Waals surface area (Å²) in [7, 11) is 0. The monoisotopic (exact) mass is 325 g/mol. The molecule has 0 fully saturated rings. The first-order valence-electron chi connectivity index (χ1n) is 8.53. The van der Waals surface area contributed by atoms with Crippen LogP contribution in [0.4, 0.5) is 0 Å². The molecule has 0 aliphatic heterocycles. The normalized spacial score (nSPS) is 13.2. The lowest BCUT2D eigenvalue weighted by molar-refractivity contribution is -0.127. The van der Waals surface area contributed by atoms with E-state index in [0.29, 0.717) is 0 Å². The maximum atomic E-state index is 12.4. The van der Waals surface area contributed by atoms with Crippen LogP contribution in [0, 0.1) is 13.8 Å². The third-order valence-electron chi connectivity index (χ3n) is 4.26. The van der Waals surface area contributed by atoms with Crippen LogP contribution in [0.5, 0.6) is 5.75 Å². The zero-order chi connectivity index (χ0) is 17.7. The molecule has 0 aromatic heterocycles. The van der Waals surface area contributed by atoms with E-state index in [1.165, 1.54) is 5.56 Å². The zero-order valence-electron chi connectivity index (χ0n) is 15.2. The minimum Gasteiger partial charge on any atom is -0.481 e. The van der Waals surface area contributed by atoms with Crippen LogP contribution in [0.3, 0.4) is 0 Å². The number of carbonyl (C=O) groups is 1. The van der Waals surface area contributed by atoms with Gasteiger partial charge in [-0.3, -0.25) is 4.79 Å². The van der Waals surface area contributed by atoms with Crippen LogP contribution >= 0.6 is 0 Å². The standard InChI is InChI=1S/C21H27NO2/c1-6-18-9-11-19(12-10-18)16(4)22-21(23)17(5)24-20-13-14(2)7-8-15(20)3/h7-13,16-17H,6H2,1-5H3,(H,22,23)/t16-,17-/m0/s1. The van der Waals surface area contributed by atoms with Crippen molar-refractivity contribution in [1.82, 2.24) is 5.32 Å². The minimum absolute atomic E-state index is 0.0481. The van der Waals surface area contributed by atoms with Crippen molar-refractivity contribution in [3.05, 3.63) is 64.7 Å². The Bertz CT molecular complexity index is 691. The average Bonchev–Trinajstić information content (AvgIpc) is 2.58. The Morgan fingerprint density at radius 1 is 1.08 bits per heavy atom. The summed E-state index contributed by atoms with van der Waals surface area (Å²) in [4.78, 5) is 12.4. The van der Waals surface area contributed by atoms with E-state index in [-0.39, 0.29) is 11.9 Å². The molecule has 24 heavy (non-hydrogen) atoms. The van der Waals surface area contributed by atoms with Crippen molar-refractivity contribution in [3.63, 3.8) is 0 Å². The Hall–Kier alpha value is -2.29. The van der Waals surface area contributed by atoms with E-state index >= 15 is 0 Å². The molecule has 1 amide bonds. The van der Waals surface area contributed by atoms with Gasteiger partial charge in [0.15, 0.2) is 6.10 Å². The third-order valence-corrected chi connectivity index (χ3v) is 4.26. The summed E-state index contributed by atoms with van der Waals surface area (Å²) in [5, 5.41) is 3.02. The van der Waals surface area contributed by atoms with Crippen LogP contribution in [0.25, 0.3) is 0 Å². The maximum absolute atomic E-state index is 12.4. The molecule has 0 radical (unpaired) electrons. The largest absolute Gasteiger partial charge is 0.481 e. The van der Waals surface area contributed by atoms with Crippen molar-refractivity contribution < 1.29 is 9.53 Å². The van der Waals surface area contributed by atoms with Crippen LogP contribution in [-0.2, 0) is 11.2 Å². The third kappa shape index (κ3) is 4.60. The molecular weight excluding hydrogens is 298 g/mol. The maximum Gasteiger partial charge on any atom is 0.261 e. The second-order valence-electron chi connectivity index (χ2n) is 6.35. The van der Waals surface area contributed by atoms with E-state index in [2.05, 4.69) is 36.5 Å². The van der Waals surface area contributed by atoms with Gasteiger partial charge in [0.1, 0.15) is 5.75 Å². The highest BCUT2D eigenvalue weighted by Crippen LogP contribution is 2.21. The number of amides is 1. The molecule has 2 atom stereocenters. The lowest BCUT2D eigenvalue weighted by Gasteiger charge is -2.20. The van der Waals surface area contributed by atoms with Crippen LogP contribution in [0.2, 0.25) is 0 Å². The molecular formula is C21H27NO2. The molecule has 128 valence electrons. The van der Waals surface area contributed by atoms with Crippen molar-refractivity contribution in [2.45, 2.75) is 53.2 Å². The Labute approximate surface area is 145 Å². The molecule has 2 rings (SSSR count). The number of nitrogens with one attached hydrogen (secondary N) is 1. The molecule has 1 N–H and O–H groups in total. The molecule has 3 nitrogen and oxygen atoms in total. The molecule has 3 heteroatoms. The van der Waals surface area contributed by atoms with E-state index in [1.807, 2.05) is 39.0 Å². The molecule has 0 spiro atoms. The number of hydrogen-bond donors (Lipinski definition) is 1. The zero-order valence-corrected chi connectivity index (χ0v) is 15.2. The quantitative estimate of drug-likeness (QED) is 0.848. The van der Waals surface area contributed by atoms with Crippen LogP contribution in [0.1, 0.15) is 49.1 Å². The van der Waals surface area contributed by atoms with Gasteiger partial charge in [0.2, 0.25) is 0 Å². The average molecular weight is 325 g/mol. The molecule has 2 aromatic rings. The highest BCUT2D eigenvalue weighted by Gasteiger charge is 2.18. The summed E-state index contributed by atoms with van der Waals surface area (Å²) in [6.45, 7) is 9.90. The fourth-order valence-corrected chi connectivity index (χ4v) is 2.53. The topological polar surface area (TPSA) is 38.3 Å². The number of benzene rings is 2. The number of ether oxygens (including phenoxy) is 1. The summed E-state index contributed by atoms with van der Waals surface area (Å²) >= 11 is 0. The fraction of sp³-hybridized carbons (Fsp3) is 0.381. The Kier molecular flexibility index (Phi) is 6.02. The van der Waals surface area contributed by atoms with Gasteiger partial charge in [-0.25, -0.2) is 0 Å². The van der Waals surface area contributed by atoms with E-state index < -0.39 is 6.10 Å². The van der Waals surface area contributed by atoms with E-state index in [1.54, 1.807) is 6.92 Å². The molecule has 2 aromatic carbocycles. The molecule has 0 aliphatic carbocycles. The van der Waals surface area contributed by atoms with Gasteiger partial charge in [0.05, 0.1) is 6.04 Å². The van der Waals surface area contributed by atoms with Gasteiger partial charge in [-0.15, -0.1) is 0 Å². The van der Waals surface area contributed by atoms with Gasteiger partial charge < -0.3 is 10.1 Å². The molecule has 0 saturated carbocycles. The van der Waals surface area contributed by atoms with Gasteiger partial charge in [0, 0.05) is 0 Å². The SMILES string of the molecule is CCc1ccc([C@H](C)NC(=O)[C@H](C)Oc2cc(C)ccc2C)cc1. The lowest BCUT2D eigenvalue weighted by atomic mass is 10.0. The van der Waals surface area contributed by atoms with Crippen LogP contribution in [0.15, 0.2) is 42.5 Å². The van der Waals surface area contributed by atoms with Crippen molar-refractivity contribution >= 4 is 5.91 Å². The molecule has 0 heterocycles. The van der Waals surface area contributed by atoms with Crippen molar-refractivity contribution in [3.8, 4) is 5.75 Å². The summed E-state index contributed by atoms with van der Waals surface area (Å²) < 4.78 is 5.85. The van der Waals surface area contributed by atoms with Gasteiger partial charge in [-0.1, -0.05) is 43.3 Å². The highest BCUT2D eigenvalue weighted by molar-refractivity contribution is 5.81. The van der Waals surface area contributed by atoms with Gasteiger partial charge in [0.25, 0.3) is 5.91 Å². The number of hydrogen-bond acceptors (Lipinski definition) is 2. The Morgan fingerprint density at radius 3 is 2.38 bits per heavy atom. The first kappa shape index (κ1) is 18.1. The lowest BCUT2D eigenvalue weighted by Crippen LogP contribution is -2.37.